The number of unbranched alkanes of at least 4 members (excludes halogenated alkanes) is 6. The van der Waals surface area contributed by atoms with Crippen molar-refractivity contribution in [3.63, 3.8) is 0 Å². The number of Topliss-reactive ketones (excluding diaryl/α,β-unsaturated/α-hetero) is 2. The van der Waals surface area contributed by atoms with Gasteiger partial charge >= 0.3 is 11.9 Å². The standard InChI is InChI=1S/C26H26Br2O6.C26H26I2O6.C25H25Br2NO5.C25H29N3O5/c2*1-3-4-9-23(30)33-17-10-11-18-22(14-17)34-21(8-6-5-7-15(2)29)24(18)25(31)16-12-19(27)26(32)20(28)13-16;2*1-3-4-6-14(2)32-16-9-10-17-21(13-16)33-20(7-5-8-22(28)29)23(17)24(30)15-11-18(26)25(31)19(27)12-15/h2*10-14,32H,3-9H2,1-2H3;9-13,31H,2-8H2,1H3,(H2,28,29);9-13,31H,2-8,26-27H2,1H3,(H2,28,29). The summed E-state index contributed by atoms with van der Waals surface area (Å²) in [5.41, 5.74) is 27.1. The summed E-state index contributed by atoms with van der Waals surface area (Å²) < 4.78 is 49.5. The fourth-order valence-corrected chi connectivity index (χ4v) is 18.4. The minimum Gasteiger partial charge on any atom is -0.506 e. The Kier molecular flexibility index (Phi) is 40.7. The SMILES string of the molecule is C=C(CCCC)Oc1ccc2c(C(=O)c3cc(Br)c(O)c(Br)c3)c(CCCC(N)=O)oc2c1.C=C(CCCC)Oc1ccc2c(C(=O)c3cc(N)c(O)c(N)c3)c(CCCC(N)=O)oc2c1.CCCCC(=O)Oc1ccc2c(C(=O)c3cc(Br)c(O)c(Br)c3)c(CCCCC(C)=O)oc2c1.CCCCC(=O)Oc1ccc2c(C(=O)c3cc(I)c(O)c(I)c3)c(CCCCC(C)=O)oc2c1. The highest BCUT2D eigenvalue weighted by atomic mass is 127. The molecule has 26 nitrogen and oxygen atoms in total. The number of fused-ring (bicyclic) bond motifs is 4. The number of aromatic hydroxyl groups is 4. The molecule has 0 atom stereocenters. The van der Waals surface area contributed by atoms with Crippen LogP contribution in [0.25, 0.3) is 43.9 Å². The monoisotopic (exact) mass is 2310 g/mol. The highest BCUT2D eigenvalue weighted by Gasteiger charge is 2.30. The molecule has 0 bridgehead atoms. The third-order valence-electron chi connectivity index (χ3n) is 21.2. The second kappa shape index (κ2) is 51.1. The van der Waals surface area contributed by atoms with E-state index in [1.165, 1.54) is 12.1 Å². The summed E-state index contributed by atoms with van der Waals surface area (Å²) >= 11 is 17.1. The molecule has 0 saturated heterocycles. The Morgan fingerprint density at radius 3 is 0.888 bits per heavy atom. The number of phenols is 4. The van der Waals surface area contributed by atoms with E-state index in [-0.39, 0.29) is 99.4 Å². The highest BCUT2D eigenvalue weighted by molar-refractivity contribution is 14.1. The molecule has 0 aliphatic heterocycles. The van der Waals surface area contributed by atoms with Crippen LogP contribution in [0.2, 0.25) is 0 Å². The number of nitrogens with two attached hydrogens (primary N) is 4. The Morgan fingerprint density at radius 2 is 0.604 bits per heavy atom. The molecule has 0 unspecified atom stereocenters. The molecular weight excluding hydrogens is 2210 g/mol. The van der Waals surface area contributed by atoms with Crippen LogP contribution < -0.4 is 41.9 Å². The normalized spacial score (nSPS) is 11.0. The molecule has 4 heterocycles. The lowest BCUT2D eigenvalue weighted by atomic mass is 9.97. The number of hydrogen-bond donors (Lipinski definition) is 8. The summed E-state index contributed by atoms with van der Waals surface area (Å²) in [5.74, 6) is 2.73. The van der Waals surface area contributed by atoms with Gasteiger partial charge in [-0.1, -0.05) is 66.5 Å². The van der Waals surface area contributed by atoms with E-state index in [1.54, 1.807) is 123 Å². The molecule has 0 aliphatic carbocycles. The molecule has 12 rings (SSSR count). The number of nitrogen functional groups attached to an aromatic ring is 2. The van der Waals surface area contributed by atoms with Crippen molar-refractivity contribution in [3.8, 4) is 46.0 Å². The van der Waals surface area contributed by atoms with E-state index in [9.17, 15) is 68.4 Å². The number of phenolic OH excluding ortho intramolecular Hbond substituents is 4. The van der Waals surface area contributed by atoms with Crippen molar-refractivity contribution in [2.24, 2.45) is 11.5 Å². The summed E-state index contributed by atoms with van der Waals surface area (Å²) in [6, 6.07) is 32.8. The first-order valence-electron chi connectivity index (χ1n) is 43.8. The van der Waals surface area contributed by atoms with Crippen LogP contribution >= 0.6 is 109 Å². The summed E-state index contributed by atoms with van der Waals surface area (Å²) in [6.45, 7) is 19.2. The predicted molar refractivity (Wildman–Crippen MR) is 546 cm³/mol. The van der Waals surface area contributed by atoms with Gasteiger partial charge in [-0.2, -0.15) is 0 Å². The second-order valence-corrected chi connectivity index (χ2v) is 37.8. The Balaban J connectivity index is 0.000000201. The lowest BCUT2D eigenvalue weighted by molar-refractivity contribution is -0.135. The van der Waals surface area contributed by atoms with Crippen LogP contribution in [0.5, 0.6) is 46.0 Å². The number of anilines is 2. The average molecular weight is 2310 g/mol. The van der Waals surface area contributed by atoms with Crippen LogP contribution in [-0.4, -0.2) is 78.9 Å². The van der Waals surface area contributed by atoms with E-state index in [1.807, 2.05) is 59.0 Å². The second-order valence-electron chi connectivity index (χ2n) is 32.0. The van der Waals surface area contributed by atoms with E-state index in [2.05, 4.69) is 90.7 Å². The Labute approximate surface area is 836 Å². The number of allylic oxidation sites excluding steroid dienone is 2. The first-order chi connectivity index (χ1) is 63.8. The molecule has 0 radical (unpaired) electrons. The van der Waals surface area contributed by atoms with Crippen LogP contribution in [0.15, 0.2) is 182 Å². The van der Waals surface area contributed by atoms with E-state index < -0.39 is 11.8 Å². The molecule has 2 amide bonds. The van der Waals surface area contributed by atoms with Gasteiger partial charge in [-0.25, -0.2) is 0 Å². The average Bonchev–Trinajstić information content (AvgIpc) is 1.64. The maximum absolute atomic E-state index is 13.6. The predicted octanol–water partition coefficient (Wildman–Crippen LogP) is 25.5. The number of rotatable bonds is 44. The molecular formula is C102H106Br4I2N4O22. The molecule has 8 aromatic carbocycles. The molecule has 32 heteroatoms. The fraction of sp³-hybridized carbons (Fsp3) is 0.314. The van der Waals surface area contributed by atoms with Gasteiger partial charge in [0.25, 0.3) is 0 Å². The quantitative estimate of drug-likeness (QED) is 0.00257. The number of carbonyl (C=O) groups is 10. The number of furan rings is 4. The topological polar surface area (TPSA) is 445 Å². The van der Waals surface area contributed by atoms with Crippen LogP contribution in [0.4, 0.5) is 11.4 Å². The van der Waals surface area contributed by atoms with Crippen LogP contribution in [-0.2, 0) is 54.5 Å². The van der Waals surface area contributed by atoms with Gasteiger partial charge in [0.1, 0.15) is 97.2 Å². The van der Waals surface area contributed by atoms with E-state index >= 15 is 0 Å². The van der Waals surface area contributed by atoms with Crippen LogP contribution in [0.3, 0.4) is 0 Å². The van der Waals surface area contributed by atoms with Gasteiger partial charge in [0.2, 0.25) is 11.8 Å². The molecule has 4 aromatic heterocycles. The molecule has 708 valence electrons. The van der Waals surface area contributed by atoms with Crippen molar-refractivity contribution >= 4 is 223 Å². The molecule has 0 aliphatic rings. The largest absolute Gasteiger partial charge is 0.506 e. The molecule has 0 fully saturated rings. The van der Waals surface area contributed by atoms with Crippen LogP contribution in [0.1, 0.15) is 270 Å². The number of halogens is 6. The number of ether oxygens (including phenoxy) is 4. The van der Waals surface area contributed by atoms with Crippen molar-refractivity contribution < 1.29 is 105 Å². The van der Waals surface area contributed by atoms with Gasteiger partial charge in [0, 0.05) is 145 Å². The Hall–Kier alpha value is -10.9. The number of ketones is 6. The zero-order valence-electron chi connectivity index (χ0n) is 75.1. The molecule has 12 N–H and O–H groups in total. The number of amides is 2. The van der Waals surface area contributed by atoms with Gasteiger partial charge in [-0.05, 0) is 284 Å². The molecule has 0 saturated carbocycles. The fourth-order valence-electron chi connectivity index (χ4n) is 14.3. The van der Waals surface area contributed by atoms with Gasteiger partial charge in [0.05, 0.1) is 70.2 Å². The summed E-state index contributed by atoms with van der Waals surface area (Å²) in [4.78, 5) is 123. The number of aryl methyl sites for hydroxylation is 4. The first kappa shape index (κ1) is 107. The number of esters is 2. The van der Waals surface area contributed by atoms with Crippen molar-refractivity contribution in [2.75, 3.05) is 11.5 Å². The third kappa shape index (κ3) is 29.5. The molecule has 12 aromatic rings. The van der Waals surface area contributed by atoms with E-state index in [0.717, 1.165) is 64.2 Å². The maximum Gasteiger partial charge on any atom is 0.311 e. The van der Waals surface area contributed by atoms with E-state index in [0.29, 0.717) is 255 Å². The summed E-state index contributed by atoms with van der Waals surface area (Å²) in [7, 11) is 0. The first-order valence-corrected chi connectivity index (χ1v) is 49.2. The third-order valence-corrected chi connectivity index (χ3v) is 25.3. The number of benzene rings is 8. The van der Waals surface area contributed by atoms with Crippen molar-refractivity contribution in [2.45, 2.75) is 208 Å². The summed E-state index contributed by atoms with van der Waals surface area (Å²) in [5, 5.41) is 42.5. The smallest absolute Gasteiger partial charge is 0.311 e. The van der Waals surface area contributed by atoms with Crippen molar-refractivity contribution in [3.05, 3.63) is 239 Å². The number of hydrogen-bond acceptors (Lipinski definition) is 24. The Morgan fingerprint density at radius 1 is 0.336 bits per heavy atom. The molecule has 0 spiro atoms. The number of carbonyl (C=O) groups excluding carboxylic acids is 10. The lowest BCUT2D eigenvalue weighted by Gasteiger charge is -2.09. The van der Waals surface area contributed by atoms with Crippen LogP contribution in [0, 0.1) is 7.14 Å². The van der Waals surface area contributed by atoms with E-state index in [4.69, 9.17) is 59.6 Å². The summed E-state index contributed by atoms with van der Waals surface area (Å²) in [6.07, 6.45) is 16.2. The lowest BCUT2D eigenvalue weighted by Crippen LogP contribution is -2.11. The molecule has 134 heavy (non-hydrogen) atoms. The van der Waals surface area contributed by atoms with Crippen molar-refractivity contribution in [1.29, 1.82) is 0 Å². The zero-order chi connectivity index (χ0) is 97.9. The number of primary amides is 2. The van der Waals surface area contributed by atoms with Gasteiger partial charge in [-0.3, -0.25) is 38.4 Å². The minimum atomic E-state index is -0.431. The highest BCUT2D eigenvalue weighted by Crippen LogP contribution is 2.43. The van der Waals surface area contributed by atoms with Gasteiger partial charge < -0.3 is 89.6 Å². The van der Waals surface area contributed by atoms with Gasteiger partial charge in [-0.15, -0.1) is 0 Å². The van der Waals surface area contributed by atoms with Crippen molar-refractivity contribution in [1.82, 2.24) is 0 Å². The van der Waals surface area contributed by atoms with Gasteiger partial charge in [0.15, 0.2) is 28.9 Å². The zero-order valence-corrected chi connectivity index (χ0v) is 85.7. The minimum absolute atomic E-state index is 0.00251. The maximum atomic E-state index is 13.6. The Bertz CT molecular complexity index is 5950.